The van der Waals surface area contributed by atoms with Crippen LogP contribution < -0.4 is 0 Å². The maximum Gasteiger partial charge on any atom is 0.337 e. The minimum atomic E-state index is -1.29. The Morgan fingerprint density at radius 3 is 2.37 bits per heavy atom. The Morgan fingerprint density at radius 2 is 1.87 bits per heavy atom. The summed E-state index contributed by atoms with van der Waals surface area (Å²) in [5, 5.41) is 0.646. The highest BCUT2D eigenvalue weighted by atomic mass is 35.5. The minimum Gasteiger partial charge on any atom is -0.465 e. The van der Waals surface area contributed by atoms with Crippen LogP contribution in [0.1, 0.15) is 74.1 Å². The molecule has 166 valence electrons. The quantitative estimate of drug-likeness (QED) is 0.357. The van der Waals surface area contributed by atoms with Crippen molar-refractivity contribution in [3.05, 3.63) is 52.1 Å². The maximum absolute atomic E-state index is 11.7. The van der Waals surface area contributed by atoms with E-state index in [0.29, 0.717) is 17.3 Å². The molecule has 0 spiro atoms. The molecule has 0 aliphatic carbocycles. The predicted octanol–water partition coefficient (Wildman–Crippen LogP) is 5.80. The fourth-order valence-electron chi connectivity index (χ4n) is 3.35. The standard InChI is InChI=1S/C23H35ClN2O3Si/c1-8-9-10-18-25-19(20(23(2,3)4)29-30(6)7)21(24)26(18)15-16-11-13-17(14-12-16)22(27)28-5/h11-14,20,30H,8-10,15H2,1-7H3. The highest BCUT2D eigenvalue weighted by molar-refractivity contribution is 6.48. The molecule has 0 saturated carbocycles. The summed E-state index contributed by atoms with van der Waals surface area (Å²) in [5.74, 6) is 0.647. The smallest absolute Gasteiger partial charge is 0.337 e. The van der Waals surface area contributed by atoms with Crippen LogP contribution in [0.25, 0.3) is 0 Å². The lowest BCUT2D eigenvalue weighted by Crippen LogP contribution is -2.26. The van der Waals surface area contributed by atoms with Crippen molar-refractivity contribution in [2.24, 2.45) is 5.41 Å². The molecule has 0 saturated heterocycles. The van der Waals surface area contributed by atoms with Crippen LogP contribution in [0.2, 0.25) is 18.2 Å². The van der Waals surface area contributed by atoms with Crippen molar-refractivity contribution in [3.8, 4) is 0 Å². The van der Waals surface area contributed by atoms with Crippen molar-refractivity contribution in [3.63, 3.8) is 0 Å². The van der Waals surface area contributed by atoms with E-state index >= 15 is 0 Å². The first-order valence-corrected chi connectivity index (χ1v) is 13.8. The number of rotatable bonds is 9. The average Bonchev–Trinajstić information content (AvgIpc) is 2.98. The SMILES string of the molecule is CCCCc1nc(C(O[SiH](C)C)C(C)(C)C)c(Cl)n1Cc1ccc(C(=O)OC)cc1. The lowest BCUT2D eigenvalue weighted by Gasteiger charge is -2.31. The zero-order valence-corrected chi connectivity index (χ0v) is 21.2. The number of nitrogens with zero attached hydrogens (tertiary/aromatic N) is 2. The van der Waals surface area contributed by atoms with Crippen molar-refractivity contribution >= 4 is 26.6 Å². The number of carbonyl (C=O) groups excluding carboxylic acids is 1. The van der Waals surface area contributed by atoms with E-state index in [0.717, 1.165) is 36.3 Å². The summed E-state index contributed by atoms with van der Waals surface area (Å²) in [6.45, 7) is 13.6. The van der Waals surface area contributed by atoms with E-state index in [4.69, 9.17) is 25.7 Å². The summed E-state index contributed by atoms with van der Waals surface area (Å²) >= 11 is 6.91. The van der Waals surface area contributed by atoms with E-state index in [9.17, 15) is 4.79 Å². The van der Waals surface area contributed by atoms with Gasteiger partial charge in [0.25, 0.3) is 0 Å². The lowest BCUT2D eigenvalue weighted by atomic mass is 9.87. The van der Waals surface area contributed by atoms with Gasteiger partial charge in [-0.05, 0) is 42.6 Å². The van der Waals surface area contributed by atoms with Gasteiger partial charge in [-0.1, -0.05) is 57.8 Å². The molecule has 0 fully saturated rings. The molecule has 7 heteroatoms. The molecule has 1 unspecified atom stereocenters. The van der Waals surface area contributed by atoms with Gasteiger partial charge in [-0.2, -0.15) is 0 Å². The van der Waals surface area contributed by atoms with Crippen LogP contribution in [-0.2, 0) is 22.1 Å². The molecule has 1 atom stereocenters. The second-order valence-electron chi connectivity index (χ2n) is 9.01. The average molecular weight is 451 g/mol. The van der Waals surface area contributed by atoms with E-state index in [2.05, 4.69) is 45.4 Å². The molecule has 5 nitrogen and oxygen atoms in total. The monoisotopic (exact) mass is 450 g/mol. The van der Waals surface area contributed by atoms with E-state index in [-0.39, 0.29) is 17.5 Å². The number of aromatic nitrogens is 2. The zero-order chi connectivity index (χ0) is 22.5. The van der Waals surface area contributed by atoms with Crippen molar-refractivity contribution in [1.29, 1.82) is 0 Å². The number of methoxy groups -OCH3 is 1. The number of imidazole rings is 1. The Balaban J connectivity index is 2.43. The second-order valence-corrected chi connectivity index (χ2v) is 11.7. The van der Waals surface area contributed by atoms with E-state index < -0.39 is 9.04 Å². The van der Waals surface area contributed by atoms with Gasteiger partial charge in [0.2, 0.25) is 0 Å². The number of aryl methyl sites for hydroxylation is 1. The Labute approximate surface area is 187 Å². The summed E-state index contributed by atoms with van der Waals surface area (Å²) in [4.78, 5) is 16.7. The van der Waals surface area contributed by atoms with Crippen LogP contribution in [0.15, 0.2) is 24.3 Å². The predicted molar refractivity (Wildman–Crippen MR) is 125 cm³/mol. The van der Waals surface area contributed by atoms with E-state index in [1.807, 2.05) is 12.1 Å². The molecule has 1 heterocycles. The number of hydrogen-bond acceptors (Lipinski definition) is 4. The number of halogens is 1. The topological polar surface area (TPSA) is 53.4 Å². The Kier molecular flexibility index (Phi) is 8.70. The van der Waals surface area contributed by atoms with Gasteiger partial charge in [-0.3, -0.25) is 0 Å². The molecule has 0 aliphatic heterocycles. The third kappa shape index (κ3) is 6.19. The number of unbranched alkanes of at least 4 members (excludes halogenated alkanes) is 1. The molecule has 0 radical (unpaired) electrons. The number of carbonyl (C=O) groups is 1. The Bertz CT molecular complexity index is 841. The van der Waals surface area contributed by atoms with Crippen LogP contribution in [0.3, 0.4) is 0 Å². The molecule has 0 amide bonds. The van der Waals surface area contributed by atoms with Crippen molar-refractivity contribution in [2.45, 2.75) is 72.7 Å². The second kappa shape index (κ2) is 10.6. The summed E-state index contributed by atoms with van der Waals surface area (Å²) < 4.78 is 13.3. The van der Waals surface area contributed by atoms with Crippen LogP contribution in [-0.4, -0.2) is 31.7 Å². The van der Waals surface area contributed by atoms with Crippen LogP contribution in [0, 0.1) is 5.41 Å². The first kappa shape index (κ1) is 24.6. The van der Waals surface area contributed by atoms with Gasteiger partial charge in [-0.15, -0.1) is 0 Å². The summed E-state index contributed by atoms with van der Waals surface area (Å²) in [6.07, 6.45) is 2.87. The van der Waals surface area contributed by atoms with E-state index in [1.54, 1.807) is 12.1 Å². The third-order valence-corrected chi connectivity index (χ3v) is 6.14. The number of esters is 1. The molecule has 2 rings (SSSR count). The van der Waals surface area contributed by atoms with Gasteiger partial charge >= 0.3 is 5.97 Å². The molecule has 0 bridgehead atoms. The van der Waals surface area contributed by atoms with Gasteiger partial charge in [0, 0.05) is 6.42 Å². The molecular formula is C23H35ClN2O3Si. The normalized spacial score (nSPS) is 13.0. The molecular weight excluding hydrogens is 416 g/mol. The molecule has 1 aromatic heterocycles. The van der Waals surface area contributed by atoms with Crippen LogP contribution >= 0.6 is 11.6 Å². The van der Waals surface area contributed by atoms with Crippen molar-refractivity contribution < 1.29 is 14.0 Å². The van der Waals surface area contributed by atoms with Gasteiger partial charge in [0.05, 0.1) is 25.3 Å². The largest absolute Gasteiger partial charge is 0.465 e. The highest BCUT2D eigenvalue weighted by Crippen LogP contribution is 2.40. The fourth-order valence-corrected chi connectivity index (χ4v) is 4.73. The van der Waals surface area contributed by atoms with Gasteiger partial charge in [-0.25, -0.2) is 9.78 Å². The first-order valence-electron chi connectivity index (χ1n) is 10.7. The summed E-state index contributed by atoms with van der Waals surface area (Å²) in [7, 11) is 0.0996. The van der Waals surface area contributed by atoms with E-state index in [1.165, 1.54) is 7.11 Å². The Hall–Kier alpha value is -1.63. The third-order valence-electron chi connectivity index (χ3n) is 4.92. The summed E-state index contributed by atoms with van der Waals surface area (Å²) in [6, 6.07) is 7.43. The fraction of sp³-hybridized carbons (Fsp3) is 0.565. The molecule has 2 aromatic rings. The number of benzene rings is 1. The lowest BCUT2D eigenvalue weighted by molar-refractivity contribution is 0.0600. The maximum atomic E-state index is 11.7. The highest BCUT2D eigenvalue weighted by Gasteiger charge is 2.33. The van der Waals surface area contributed by atoms with Crippen molar-refractivity contribution in [1.82, 2.24) is 9.55 Å². The number of ether oxygens (including phenoxy) is 1. The van der Waals surface area contributed by atoms with Crippen LogP contribution in [0.5, 0.6) is 0 Å². The van der Waals surface area contributed by atoms with Crippen molar-refractivity contribution in [2.75, 3.05) is 7.11 Å². The minimum absolute atomic E-state index is 0.107. The zero-order valence-electron chi connectivity index (χ0n) is 19.3. The molecule has 0 N–H and O–H groups in total. The number of hydrogen-bond donors (Lipinski definition) is 0. The molecule has 30 heavy (non-hydrogen) atoms. The Morgan fingerprint density at radius 1 is 1.23 bits per heavy atom. The first-order chi connectivity index (χ1) is 14.1. The van der Waals surface area contributed by atoms with Crippen LogP contribution in [0.4, 0.5) is 0 Å². The molecule has 1 aromatic carbocycles. The molecule has 0 aliphatic rings. The van der Waals surface area contributed by atoms with Gasteiger partial charge < -0.3 is 13.7 Å². The summed E-state index contributed by atoms with van der Waals surface area (Å²) in [5.41, 5.74) is 2.32. The van der Waals surface area contributed by atoms with Gasteiger partial charge in [0.15, 0.2) is 9.04 Å². The van der Waals surface area contributed by atoms with Gasteiger partial charge in [0.1, 0.15) is 16.7 Å².